The summed E-state index contributed by atoms with van der Waals surface area (Å²) in [5, 5.41) is 3.75. The quantitative estimate of drug-likeness (QED) is 0.745. The van der Waals surface area contributed by atoms with Crippen LogP contribution in [0.15, 0.2) is 54.6 Å². The van der Waals surface area contributed by atoms with Crippen LogP contribution in [-0.2, 0) is 4.74 Å². The van der Waals surface area contributed by atoms with E-state index in [0.717, 1.165) is 10.1 Å². The van der Waals surface area contributed by atoms with E-state index in [9.17, 15) is 9.59 Å². The molecule has 110 valence electrons. The Balaban J connectivity index is 1.86. The second-order valence-electron chi connectivity index (χ2n) is 4.67. The van der Waals surface area contributed by atoms with Crippen LogP contribution in [0, 0.1) is 0 Å². The van der Waals surface area contributed by atoms with E-state index in [1.807, 2.05) is 36.4 Å². The Bertz CT molecular complexity index is 839. The Morgan fingerprint density at radius 1 is 1.05 bits per heavy atom. The van der Waals surface area contributed by atoms with Crippen molar-refractivity contribution < 1.29 is 14.3 Å². The van der Waals surface area contributed by atoms with Gasteiger partial charge in [0.1, 0.15) is 4.88 Å². The second kappa shape index (κ2) is 5.99. The molecule has 0 aliphatic rings. The minimum Gasteiger partial charge on any atom is -0.465 e. The topological polar surface area (TPSA) is 55.4 Å². The van der Waals surface area contributed by atoms with E-state index < -0.39 is 0 Å². The van der Waals surface area contributed by atoms with Gasteiger partial charge in [-0.15, -0.1) is 11.3 Å². The molecule has 0 unspecified atom stereocenters. The number of benzene rings is 2. The number of amides is 1. The molecule has 1 heterocycles. The number of esters is 1. The fourth-order valence-electron chi connectivity index (χ4n) is 2.12. The van der Waals surface area contributed by atoms with E-state index in [1.165, 1.54) is 18.4 Å². The van der Waals surface area contributed by atoms with Crippen molar-refractivity contribution in [2.45, 2.75) is 0 Å². The van der Waals surface area contributed by atoms with Crippen molar-refractivity contribution >= 4 is 39.0 Å². The molecule has 22 heavy (non-hydrogen) atoms. The summed E-state index contributed by atoms with van der Waals surface area (Å²) < 4.78 is 5.69. The van der Waals surface area contributed by atoms with Crippen molar-refractivity contribution in [3.63, 3.8) is 0 Å². The van der Waals surface area contributed by atoms with Crippen molar-refractivity contribution in [1.82, 2.24) is 0 Å². The van der Waals surface area contributed by atoms with Crippen LogP contribution in [0.3, 0.4) is 0 Å². The van der Waals surface area contributed by atoms with Crippen LogP contribution < -0.4 is 5.32 Å². The van der Waals surface area contributed by atoms with Gasteiger partial charge < -0.3 is 10.1 Å². The largest absolute Gasteiger partial charge is 0.465 e. The predicted octanol–water partition coefficient (Wildman–Crippen LogP) is 3.94. The maximum atomic E-state index is 12.1. The van der Waals surface area contributed by atoms with E-state index in [0.29, 0.717) is 16.1 Å². The summed E-state index contributed by atoms with van der Waals surface area (Å²) in [5.74, 6) is -0.514. The number of thiophene rings is 1. The summed E-state index contributed by atoms with van der Waals surface area (Å²) in [5.41, 5.74) is 1.29. The molecule has 0 saturated heterocycles. The monoisotopic (exact) mass is 311 g/mol. The summed E-state index contributed by atoms with van der Waals surface area (Å²) >= 11 is 1.37. The number of hydrogen-bond donors (Lipinski definition) is 1. The lowest BCUT2D eigenvalue weighted by molar-refractivity contribution is 0.0606. The Morgan fingerprint density at radius 3 is 2.55 bits per heavy atom. The molecule has 4 nitrogen and oxygen atoms in total. The second-order valence-corrected chi connectivity index (χ2v) is 5.76. The van der Waals surface area contributed by atoms with Crippen molar-refractivity contribution in [3.05, 3.63) is 65.0 Å². The Morgan fingerprint density at radius 2 is 1.82 bits per heavy atom. The fraction of sp³-hybridized carbons (Fsp3) is 0.0588. The first-order valence-corrected chi connectivity index (χ1v) is 7.47. The summed E-state index contributed by atoms with van der Waals surface area (Å²) in [6.45, 7) is 0. The van der Waals surface area contributed by atoms with Crippen molar-refractivity contribution in [1.29, 1.82) is 0 Å². The molecule has 0 aliphatic heterocycles. The number of carbonyl (C=O) groups is 2. The molecule has 2 aromatic carbocycles. The first-order valence-electron chi connectivity index (χ1n) is 6.65. The van der Waals surface area contributed by atoms with Gasteiger partial charge in [-0.05, 0) is 41.8 Å². The maximum absolute atomic E-state index is 12.1. The fourth-order valence-corrected chi connectivity index (χ4v) is 3.08. The number of ether oxygens (including phenoxy) is 1. The standard InChI is InChI=1S/C17H13NO3S/c1-21-17(20)15-10-12-9-13(7-8-14(12)22-15)18-16(19)11-5-3-2-4-6-11/h2-10H,1H3,(H,18,19). The van der Waals surface area contributed by atoms with Gasteiger partial charge >= 0.3 is 5.97 Å². The van der Waals surface area contributed by atoms with Crippen LogP contribution in [0.25, 0.3) is 10.1 Å². The normalized spacial score (nSPS) is 10.4. The van der Waals surface area contributed by atoms with Crippen LogP contribution in [0.2, 0.25) is 0 Å². The van der Waals surface area contributed by atoms with Gasteiger partial charge in [-0.2, -0.15) is 0 Å². The highest BCUT2D eigenvalue weighted by atomic mass is 32.1. The van der Waals surface area contributed by atoms with Gasteiger partial charge in [-0.3, -0.25) is 4.79 Å². The minimum atomic E-state index is -0.351. The van der Waals surface area contributed by atoms with Crippen molar-refractivity contribution in [2.24, 2.45) is 0 Å². The van der Waals surface area contributed by atoms with Gasteiger partial charge in [0, 0.05) is 16.0 Å². The van der Waals surface area contributed by atoms with E-state index in [4.69, 9.17) is 4.74 Å². The predicted molar refractivity (Wildman–Crippen MR) is 87.6 cm³/mol. The van der Waals surface area contributed by atoms with Crippen LogP contribution in [0.1, 0.15) is 20.0 Å². The van der Waals surface area contributed by atoms with Crippen LogP contribution in [0.5, 0.6) is 0 Å². The highest BCUT2D eigenvalue weighted by molar-refractivity contribution is 7.20. The van der Waals surface area contributed by atoms with E-state index >= 15 is 0 Å². The molecule has 3 aromatic rings. The molecule has 0 atom stereocenters. The molecule has 0 saturated carbocycles. The van der Waals surface area contributed by atoms with Gasteiger partial charge in [0.25, 0.3) is 5.91 Å². The van der Waals surface area contributed by atoms with E-state index in [2.05, 4.69) is 5.32 Å². The number of carbonyl (C=O) groups excluding carboxylic acids is 2. The number of hydrogen-bond acceptors (Lipinski definition) is 4. The molecular formula is C17H13NO3S. The molecule has 0 aliphatic carbocycles. The highest BCUT2D eigenvalue weighted by Crippen LogP contribution is 2.28. The molecule has 1 amide bonds. The Kier molecular flexibility index (Phi) is 3.89. The number of anilines is 1. The molecular weight excluding hydrogens is 298 g/mol. The van der Waals surface area contributed by atoms with Crippen LogP contribution in [0.4, 0.5) is 5.69 Å². The van der Waals surface area contributed by atoms with Gasteiger partial charge in [0.05, 0.1) is 7.11 Å². The average Bonchev–Trinajstić information content (AvgIpc) is 2.98. The lowest BCUT2D eigenvalue weighted by Crippen LogP contribution is -2.11. The zero-order chi connectivity index (χ0) is 15.5. The van der Waals surface area contributed by atoms with Gasteiger partial charge in [0.2, 0.25) is 0 Å². The number of methoxy groups -OCH3 is 1. The third-order valence-electron chi connectivity index (χ3n) is 3.20. The van der Waals surface area contributed by atoms with Gasteiger partial charge in [-0.1, -0.05) is 18.2 Å². The maximum Gasteiger partial charge on any atom is 0.348 e. The lowest BCUT2D eigenvalue weighted by atomic mass is 10.2. The third-order valence-corrected chi connectivity index (χ3v) is 4.29. The molecule has 3 rings (SSSR count). The zero-order valence-electron chi connectivity index (χ0n) is 11.8. The number of rotatable bonds is 3. The Labute approximate surface area is 131 Å². The summed E-state index contributed by atoms with van der Waals surface area (Å²) in [6, 6.07) is 16.3. The lowest BCUT2D eigenvalue weighted by Gasteiger charge is -2.05. The van der Waals surface area contributed by atoms with Crippen molar-refractivity contribution in [2.75, 3.05) is 12.4 Å². The minimum absolute atomic E-state index is 0.164. The number of nitrogens with one attached hydrogen (secondary N) is 1. The molecule has 0 spiro atoms. The molecule has 0 bridgehead atoms. The van der Waals surface area contributed by atoms with E-state index in [-0.39, 0.29) is 11.9 Å². The molecule has 1 N–H and O–H groups in total. The summed E-state index contributed by atoms with van der Waals surface area (Å²) in [4.78, 5) is 24.2. The summed E-state index contributed by atoms with van der Waals surface area (Å²) in [7, 11) is 1.36. The SMILES string of the molecule is COC(=O)c1cc2cc(NC(=O)c3ccccc3)ccc2s1. The zero-order valence-corrected chi connectivity index (χ0v) is 12.6. The first-order chi connectivity index (χ1) is 10.7. The molecule has 0 radical (unpaired) electrons. The van der Waals surface area contributed by atoms with Gasteiger partial charge in [-0.25, -0.2) is 4.79 Å². The van der Waals surface area contributed by atoms with E-state index in [1.54, 1.807) is 18.2 Å². The third kappa shape index (κ3) is 2.84. The number of fused-ring (bicyclic) bond motifs is 1. The van der Waals surface area contributed by atoms with Crippen LogP contribution in [-0.4, -0.2) is 19.0 Å². The molecule has 0 fully saturated rings. The average molecular weight is 311 g/mol. The summed E-state index contributed by atoms with van der Waals surface area (Å²) in [6.07, 6.45) is 0. The van der Waals surface area contributed by atoms with Gasteiger partial charge in [0.15, 0.2) is 0 Å². The highest BCUT2D eigenvalue weighted by Gasteiger charge is 2.11. The Hall–Kier alpha value is -2.66. The first kappa shape index (κ1) is 14.3. The molecule has 5 heteroatoms. The smallest absolute Gasteiger partial charge is 0.348 e. The molecule has 1 aromatic heterocycles. The van der Waals surface area contributed by atoms with Crippen molar-refractivity contribution in [3.8, 4) is 0 Å². The van der Waals surface area contributed by atoms with Crippen LogP contribution >= 0.6 is 11.3 Å².